The molecule has 28 heavy (non-hydrogen) atoms. The van der Waals surface area contributed by atoms with E-state index in [1.165, 1.54) is 0 Å². The highest BCUT2D eigenvalue weighted by atomic mass is 35.5. The molecule has 1 N–H and O–H groups in total. The highest BCUT2D eigenvalue weighted by molar-refractivity contribution is 6.30. The first-order chi connectivity index (χ1) is 13.3. The molecule has 2 aromatic rings. The Morgan fingerprint density at radius 3 is 2.14 bits per heavy atom. The Labute approximate surface area is 172 Å². The number of amides is 2. The second kappa shape index (κ2) is 10.3. The molecule has 0 saturated heterocycles. The van der Waals surface area contributed by atoms with Crippen molar-refractivity contribution in [2.75, 3.05) is 0 Å². The number of nitrogens with one attached hydrogen (secondary N) is 1. The molecule has 4 nitrogen and oxygen atoms in total. The number of rotatable bonds is 8. The Morgan fingerprint density at radius 2 is 1.57 bits per heavy atom. The maximum Gasteiger partial charge on any atom is 0.242 e. The molecule has 0 aliphatic heterocycles. The van der Waals surface area contributed by atoms with Gasteiger partial charge in [-0.05, 0) is 50.5 Å². The van der Waals surface area contributed by atoms with E-state index in [2.05, 4.69) is 5.32 Å². The van der Waals surface area contributed by atoms with E-state index in [0.29, 0.717) is 11.6 Å². The molecule has 2 aromatic carbocycles. The van der Waals surface area contributed by atoms with Crippen LogP contribution in [0.25, 0.3) is 0 Å². The predicted octanol–water partition coefficient (Wildman–Crippen LogP) is 4.52. The van der Waals surface area contributed by atoms with Crippen molar-refractivity contribution >= 4 is 23.4 Å². The van der Waals surface area contributed by atoms with Gasteiger partial charge >= 0.3 is 0 Å². The highest BCUT2D eigenvalue weighted by Crippen LogP contribution is 2.15. The van der Waals surface area contributed by atoms with Crippen LogP contribution in [0.3, 0.4) is 0 Å². The van der Waals surface area contributed by atoms with Crippen molar-refractivity contribution in [1.29, 1.82) is 0 Å². The molecule has 0 aliphatic rings. The Balaban J connectivity index is 2.20. The van der Waals surface area contributed by atoms with Crippen molar-refractivity contribution in [3.8, 4) is 0 Å². The lowest BCUT2D eigenvalue weighted by Gasteiger charge is -2.30. The Kier molecular flexibility index (Phi) is 8.06. The van der Waals surface area contributed by atoms with Gasteiger partial charge in [-0.15, -0.1) is 0 Å². The van der Waals surface area contributed by atoms with E-state index in [-0.39, 0.29) is 24.3 Å². The van der Waals surface area contributed by atoms with Crippen LogP contribution < -0.4 is 5.32 Å². The van der Waals surface area contributed by atoms with Gasteiger partial charge in [0.15, 0.2) is 0 Å². The zero-order valence-electron chi connectivity index (χ0n) is 17.0. The third-order valence-corrected chi connectivity index (χ3v) is 5.16. The lowest BCUT2D eigenvalue weighted by molar-refractivity contribution is -0.140. The largest absolute Gasteiger partial charge is 0.352 e. The fraction of sp³-hybridized carbons (Fsp3) is 0.391. The number of hydrogen-bond donors (Lipinski definition) is 1. The summed E-state index contributed by atoms with van der Waals surface area (Å²) in [5.41, 5.74) is 3.03. The summed E-state index contributed by atoms with van der Waals surface area (Å²) in [6, 6.07) is 14.8. The molecular weight excluding hydrogens is 372 g/mol. The van der Waals surface area contributed by atoms with E-state index < -0.39 is 6.04 Å². The summed E-state index contributed by atoms with van der Waals surface area (Å²) in [7, 11) is 0. The molecule has 150 valence electrons. The van der Waals surface area contributed by atoms with Gasteiger partial charge in [0.2, 0.25) is 11.8 Å². The molecule has 0 radical (unpaired) electrons. The van der Waals surface area contributed by atoms with Crippen LogP contribution in [0.15, 0.2) is 48.5 Å². The Bertz CT molecular complexity index is 787. The van der Waals surface area contributed by atoms with Gasteiger partial charge in [-0.25, -0.2) is 0 Å². The Hall–Kier alpha value is -2.33. The third kappa shape index (κ3) is 6.38. The summed E-state index contributed by atoms with van der Waals surface area (Å²) in [4.78, 5) is 27.4. The maximum absolute atomic E-state index is 13.1. The van der Waals surface area contributed by atoms with E-state index in [1.54, 1.807) is 24.0 Å². The highest BCUT2D eigenvalue weighted by Gasteiger charge is 2.26. The van der Waals surface area contributed by atoms with Crippen LogP contribution in [0.2, 0.25) is 5.02 Å². The van der Waals surface area contributed by atoms with Gasteiger partial charge in [-0.2, -0.15) is 0 Å². The molecule has 0 unspecified atom stereocenters. The zero-order chi connectivity index (χ0) is 20.7. The quantitative estimate of drug-likeness (QED) is 0.708. The number of halogens is 1. The van der Waals surface area contributed by atoms with Crippen LogP contribution in [0.5, 0.6) is 0 Å². The average molecular weight is 401 g/mol. The van der Waals surface area contributed by atoms with Gasteiger partial charge < -0.3 is 10.2 Å². The van der Waals surface area contributed by atoms with Crippen LogP contribution in [0.1, 0.15) is 43.9 Å². The van der Waals surface area contributed by atoms with Crippen molar-refractivity contribution < 1.29 is 9.59 Å². The average Bonchev–Trinajstić information content (AvgIpc) is 2.68. The first-order valence-corrected chi connectivity index (χ1v) is 10.1. The normalized spacial score (nSPS) is 12.9. The zero-order valence-corrected chi connectivity index (χ0v) is 17.8. The summed E-state index contributed by atoms with van der Waals surface area (Å²) in [5, 5.41) is 3.61. The minimum absolute atomic E-state index is 0.0718. The molecule has 2 rings (SSSR count). The number of carbonyl (C=O) groups is 2. The summed E-state index contributed by atoms with van der Waals surface area (Å²) in [5.74, 6) is -0.222. The van der Waals surface area contributed by atoms with E-state index in [9.17, 15) is 9.59 Å². The topological polar surface area (TPSA) is 49.4 Å². The second-order valence-electron chi connectivity index (χ2n) is 7.30. The molecule has 2 amide bonds. The molecule has 0 heterocycles. The van der Waals surface area contributed by atoms with Crippen molar-refractivity contribution in [3.63, 3.8) is 0 Å². The molecule has 0 spiro atoms. The number of hydrogen-bond acceptors (Lipinski definition) is 2. The second-order valence-corrected chi connectivity index (χ2v) is 7.74. The van der Waals surface area contributed by atoms with Crippen LogP contribution in [-0.4, -0.2) is 28.8 Å². The van der Waals surface area contributed by atoms with E-state index >= 15 is 0 Å². The summed E-state index contributed by atoms with van der Waals surface area (Å²) in [6.07, 6.45) is 1.07. The van der Waals surface area contributed by atoms with Crippen molar-refractivity contribution in [1.82, 2.24) is 10.2 Å². The lowest BCUT2D eigenvalue weighted by Crippen LogP contribution is -2.49. The summed E-state index contributed by atoms with van der Waals surface area (Å²) < 4.78 is 0. The van der Waals surface area contributed by atoms with Gasteiger partial charge in [0.25, 0.3) is 0 Å². The smallest absolute Gasteiger partial charge is 0.242 e. The van der Waals surface area contributed by atoms with Crippen molar-refractivity contribution in [2.24, 2.45) is 0 Å². The lowest BCUT2D eigenvalue weighted by atomic mass is 10.1. The molecule has 5 heteroatoms. The number of carbonyl (C=O) groups excluding carboxylic acids is 2. The SMILES string of the molecule is CC[C@H](C)NC(=O)[C@@H](C)N(Cc1ccc(C)cc1)C(=O)Cc1ccc(Cl)cc1. The van der Waals surface area contributed by atoms with Crippen LogP contribution in [0, 0.1) is 6.92 Å². The van der Waals surface area contributed by atoms with E-state index in [1.807, 2.05) is 57.2 Å². The molecular formula is C23H29ClN2O2. The van der Waals surface area contributed by atoms with Crippen molar-refractivity contribution in [3.05, 3.63) is 70.2 Å². The molecule has 0 saturated carbocycles. The molecule has 0 fully saturated rings. The van der Waals surface area contributed by atoms with Crippen LogP contribution in [0.4, 0.5) is 0 Å². The number of benzene rings is 2. The minimum Gasteiger partial charge on any atom is -0.352 e. The third-order valence-electron chi connectivity index (χ3n) is 4.91. The molecule has 2 atom stereocenters. The first-order valence-electron chi connectivity index (χ1n) is 9.70. The first kappa shape index (κ1) is 22.0. The number of aryl methyl sites for hydroxylation is 1. The van der Waals surface area contributed by atoms with Gasteiger partial charge in [0.1, 0.15) is 6.04 Å². The predicted molar refractivity (Wildman–Crippen MR) is 114 cm³/mol. The van der Waals surface area contributed by atoms with Crippen molar-refractivity contribution in [2.45, 2.75) is 59.2 Å². The maximum atomic E-state index is 13.1. The summed E-state index contributed by atoms with van der Waals surface area (Å²) >= 11 is 5.94. The van der Waals surface area contributed by atoms with E-state index in [0.717, 1.165) is 23.1 Å². The minimum atomic E-state index is -0.560. The Morgan fingerprint density at radius 1 is 1.00 bits per heavy atom. The molecule has 0 aliphatic carbocycles. The van der Waals surface area contributed by atoms with Gasteiger partial charge in [0, 0.05) is 17.6 Å². The van der Waals surface area contributed by atoms with Crippen LogP contribution in [-0.2, 0) is 22.6 Å². The molecule has 0 bridgehead atoms. The molecule has 0 aromatic heterocycles. The fourth-order valence-electron chi connectivity index (χ4n) is 2.82. The monoisotopic (exact) mass is 400 g/mol. The number of nitrogens with zero attached hydrogens (tertiary/aromatic N) is 1. The van der Waals surface area contributed by atoms with Gasteiger partial charge in [0.05, 0.1) is 6.42 Å². The standard InChI is InChI=1S/C23H29ClN2O2/c1-5-17(3)25-23(28)18(4)26(15-20-8-6-16(2)7-9-20)22(27)14-19-10-12-21(24)13-11-19/h6-13,17-18H,5,14-15H2,1-4H3,(H,25,28)/t17-,18+/m0/s1. The summed E-state index contributed by atoms with van der Waals surface area (Å²) in [6.45, 7) is 8.18. The fourth-order valence-corrected chi connectivity index (χ4v) is 2.94. The van der Waals surface area contributed by atoms with Crippen LogP contribution >= 0.6 is 11.6 Å². The van der Waals surface area contributed by atoms with Gasteiger partial charge in [-0.1, -0.05) is 60.5 Å². The van der Waals surface area contributed by atoms with E-state index in [4.69, 9.17) is 11.6 Å². The van der Waals surface area contributed by atoms with Gasteiger partial charge in [-0.3, -0.25) is 9.59 Å².